The van der Waals surface area contributed by atoms with Gasteiger partial charge in [-0.05, 0) is 61.1 Å². The zero-order valence-corrected chi connectivity index (χ0v) is 13.9. The van der Waals surface area contributed by atoms with Crippen LogP contribution in [0.2, 0.25) is 0 Å². The minimum atomic E-state index is -0.158. The van der Waals surface area contributed by atoms with Crippen LogP contribution in [0.5, 0.6) is 0 Å². The first-order chi connectivity index (χ1) is 11.7. The highest BCUT2D eigenvalue weighted by Crippen LogP contribution is 2.46. The number of benzene rings is 1. The second kappa shape index (κ2) is 6.36. The van der Waals surface area contributed by atoms with Gasteiger partial charge in [0.05, 0.1) is 6.04 Å². The van der Waals surface area contributed by atoms with Crippen LogP contribution < -0.4 is 10.6 Å². The molecule has 4 nitrogen and oxygen atoms in total. The lowest BCUT2D eigenvalue weighted by molar-refractivity contribution is 0.00618. The summed E-state index contributed by atoms with van der Waals surface area (Å²) in [6, 6.07) is 5.17. The summed E-state index contributed by atoms with van der Waals surface area (Å²) in [6.07, 6.45) is 6.93. The zero-order chi connectivity index (χ0) is 16.6. The number of halogens is 1. The van der Waals surface area contributed by atoms with E-state index in [0.717, 1.165) is 50.0 Å². The van der Waals surface area contributed by atoms with Gasteiger partial charge in [-0.3, -0.25) is 0 Å². The third kappa shape index (κ3) is 2.79. The van der Waals surface area contributed by atoms with Gasteiger partial charge in [-0.25, -0.2) is 9.18 Å². The first kappa shape index (κ1) is 15.9. The van der Waals surface area contributed by atoms with Crippen molar-refractivity contribution >= 4 is 6.03 Å². The molecule has 2 atom stereocenters. The summed E-state index contributed by atoms with van der Waals surface area (Å²) in [5.41, 5.74) is 1.90. The molecular formula is C19H25FN2O2. The van der Waals surface area contributed by atoms with E-state index < -0.39 is 0 Å². The van der Waals surface area contributed by atoms with Gasteiger partial charge in [-0.1, -0.05) is 18.6 Å². The SMILES string of the molecule is O=C(NC1CCc2c(F)cccc21)NC1CCCC12CCOCC2. The predicted octanol–water partition coefficient (Wildman–Crippen LogP) is 3.46. The molecule has 1 spiro atoms. The third-order valence-corrected chi connectivity index (χ3v) is 6.22. The number of nitrogens with one attached hydrogen (secondary N) is 2. The van der Waals surface area contributed by atoms with Gasteiger partial charge in [-0.2, -0.15) is 0 Å². The van der Waals surface area contributed by atoms with Crippen molar-refractivity contribution in [3.8, 4) is 0 Å². The van der Waals surface area contributed by atoms with Crippen LogP contribution in [0.15, 0.2) is 18.2 Å². The molecule has 24 heavy (non-hydrogen) atoms. The summed E-state index contributed by atoms with van der Waals surface area (Å²) in [6.45, 7) is 1.60. The van der Waals surface area contributed by atoms with E-state index in [1.54, 1.807) is 6.07 Å². The van der Waals surface area contributed by atoms with Crippen LogP contribution in [0, 0.1) is 11.2 Å². The Morgan fingerprint density at radius 2 is 2.00 bits per heavy atom. The summed E-state index contributed by atoms with van der Waals surface area (Å²) in [5.74, 6) is -0.158. The highest BCUT2D eigenvalue weighted by atomic mass is 19.1. The lowest BCUT2D eigenvalue weighted by Crippen LogP contribution is -2.50. The maximum absolute atomic E-state index is 13.8. The van der Waals surface area contributed by atoms with Crippen molar-refractivity contribution in [2.24, 2.45) is 5.41 Å². The van der Waals surface area contributed by atoms with Crippen LogP contribution in [0.4, 0.5) is 9.18 Å². The number of fused-ring (bicyclic) bond motifs is 1. The fourth-order valence-corrected chi connectivity index (χ4v) is 4.86. The number of ether oxygens (including phenoxy) is 1. The van der Waals surface area contributed by atoms with Crippen molar-refractivity contribution < 1.29 is 13.9 Å². The molecule has 1 saturated carbocycles. The zero-order valence-electron chi connectivity index (χ0n) is 13.9. The molecule has 3 aliphatic rings. The number of amides is 2. The Kier molecular flexibility index (Phi) is 4.21. The minimum Gasteiger partial charge on any atom is -0.381 e. The monoisotopic (exact) mass is 332 g/mol. The van der Waals surface area contributed by atoms with Crippen molar-refractivity contribution in [1.29, 1.82) is 0 Å². The maximum atomic E-state index is 13.8. The van der Waals surface area contributed by atoms with E-state index in [1.807, 2.05) is 6.07 Å². The molecule has 0 radical (unpaired) electrons. The second-order valence-electron chi connectivity index (χ2n) is 7.44. The molecule has 2 unspecified atom stereocenters. The summed E-state index contributed by atoms with van der Waals surface area (Å²) in [5, 5.41) is 6.28. The van der Waals surface area contributed by atoms with E-state index in [-0.39, 0.29) is 29.3 Å². The van der Waals surface area contributed by atoms with Crippen LogP contribution in [0.25, 0.3) is 0 Å². The van der Waals surface area contributed by atoms with E-state index in [4.69, 9.17) is 4.74 Å². The van der Waals surface area contributed by atoms with Crippen LogP contribution in [-0.2, 0) is 11.2 Å². The van der Waals surface area contributed by atoms with Crippen molar-refractivity contribution in [2.75, 3.05) is 13.2 Å². The number of hydrogen-bond donors (Lipinski definition) is 2. The van der Waals surface area contributed by atoms with E-state index in [9.17, 15) is 9.18 Å². The molecule has 1 saturated heterocycles. The molecule has 1 aromatic rings. The summed E-state index contributed by atoms with van der Waals surface area (Å²) < 4.78 is 19.3. The van der Waals surface area contributed by atoms with Crippen molar-refractivity contribution in [3.05, 3.63) is 35.1 Å². The van der Waals surface area contributed by atoms with E-state index >= 15 is 0 Å². The number of rotatable bonds is 2. The van der Waals surface area contributed by atoms with E-state index in [0.29, 0.717) is 6.42 Å². The quantitative estimate of drug-likeness (QED) is 0.871. The first-order valence-corrected chi connectivity index (χ1v) is 9.10. The Hall–Kier alpha value is -1.62. The van der Waals surface area contributed by atoms with E-state index in [1.165, 1.54) is 18.9 Å². The van der Waals surface area contributed by atoms with Crippen LogP contribution in [0.3, 0.4) is 0 Å². The Morgan fingerprint density at radius 1 is 1.17 bits per heavy atom. The Labute approximate surface area is 142 Å². The largest absolute Gasteiger partial charge is 0.381 e. The molecule has 4 rings (SSSR count). The van der Waals surface area contributed by atoms with Crippen molar-refractivity contribution in [3.63, 3.8) is 0 Å². The van der Waals surface area contributed by atoms with Gasteiger partial charge in [-0.15, -0.1) is 0 Å². The molecule has 0 aromatic heterocycles. The highest BCUT2D eigenvalue weighted by Gasteiger charge is 2.44. The van der Waals surface area contributed by atoms with Gasteiger partial charge in [0.1, 0.15) is 5.82 Å². The Balaban J connectivity index is 1.40. The summed E-state index contributed by atoms with van der Waals surface area (Å²) in [4.78, 5) is 12.5. The fraction of sp³-hybridized carbons (Fsp3) is 0.632. The fourth-order valence-electron chi connectivity index (χ4n) is 4.86. The van der Waals surface area contributed by atoms with Gasteiger partial charge in [0.25, 0.3) is 0 Å². The molecule has 1 aromatic carbocycles. The van der Waals surface area contributed by atoms with Crippen LogP contribution >= 0.6 is 0 Å². The Bertz CT molecular complexity index is 628. The van der Waals surface area contributed by atoms with Gasteiger partial charge in [0.15, 0.2) is 0 Å². The van der Waals surface area contributed by atoms with Gasteiger partial charge in [0, 0.05) is 19.3 Å². The first-order valence-electron chi connectivity index (χ1n) is 9.10. The molecule has 2 aliphatic carbocycles. The second-order valence-corrected chi connectivity index (χ2v) is 7.44. The maximum Gasteiger partial charge on any atom is 0.315 e. The average Bonchev–Trinajstić information content (AvgIpc) is 3.15. The standard InChI is InChI=1S/C19H25FN2O2/c20-15-4-1-3-14-13(15)6-7-16(14)21-18(23)22-17-5-2-8-19(17)9-11-24-12-10-19/h1,3-4,16-17H,2,5-12H2,(H2,21,22,23). The van der Waals surface area contributed by atoms with E-state index in [2.05, 4.69) is 10.6 Å². The van der Waals surface area contributed by atoms with Crippen LogP contribution in [0.1, 0.15) is 55.7 Å². The van der Waals surface area contributed by atoms with Crippen molar-refractivity contribution in [1.82, 2.24) is 10.6 Å². The number of carbonyl (C=O) groups excluding carboxylic acids is 1. The predicted molar refractivity (Wildman–Crippen MR) is 89.3 cm³/mol. The van der Waals surface area contributed by atoms with Crippen molar-refractivity contribution in [2.45, 2.75) is 57.0 Å². The number of hydrogen-bond acceptors (Lipinski definition) is 2. The molecular weight excluding hydrogens is 307 g/mol. The van der Waals surface area contributed by atoms with Gasteiger partial charge in [0.2, 0.25) is 0 Å². The molecule has 2 fully saturated rings. The molecule has 1 heterocycles. The van der Waals surface area contributed by atoms with Crippen LogP contribution in [-0.4, -0.2) is 25.3 Å². The molecule has 1 aliphatic heterocycles. The smallest absolute Gasteiger partial charge is 0.315 e. The lowest BCUT2D eigenvalue weighted by atomic mass is 9.75. The summed E-state index contributed by atoms with van der Waals surface area (Å²) >= 11 is 0. The number of urea groups is 1. The summed E-state index contributed by atoms with van der Waals surface area (Å²) in [7, 11) is 0. The third-order valence-electron chi connectivity index (χ3n) is 6.22. The molecule has 2 N–H and O–H groups in total. The minimum absolute atomic E-state index is 0.0808. The average molecular weight is 332 g/mol. The molecule has 0 bridgehead atoms. The molecule has 2 amide bonds. The molecule has 5 heteroatoms. The number of carbonyl (C=O) groups is 1. The van der Waals surface area contributed by atoms with Gasteiger partial charge >= 0.3 is 6.03 Å². The lowest BCUT2D eigenvalue weighted by Gasteiger charge is -2.39. The van der Waals surface area contributed by atoms with Gasteiger partial charge < -0.3 is 15.4 Å². The highest BCUT2D eigenvalue weighted by molar-refractivity contribution is 5.75. The molecule has 130 valence electrons. The topological polar surface area (TPSA) is 50.4 Å². The Morgan fingerprint density at radius 3 is 2.83 bits per heavy atom. The normalized spacial score (nSPS) is 27.9.